The molecule has 2 heterocycles. The number of rotatable bonds is 5. The van der Waals surface area contributed by atoms with E-state index in [1.807, 2.05) is 7.05 Å². The Morgan fingerprint density at radius 1 is 1.35 bits per heavy atom. The third-order valence-electron chi connectivity index (χ3n) is 5.35. The minimum Gasteiger partial charge on any atom is -0.469 e. The SMILES string of the molecule is COC(=O)[C@H]1[C@@H](OP(=O)(O)c2ccc([N+](=O)[O-])cc2)C[C@@H]2CC[C@H]1N2C. The average molecular weight is 384 g/mol. The highest BCUT2D eigenvalue weighted by Crippen LogP contribution is 2.49. The van der Waals surface area contributed by atoms with E-state index in [-0.39, 0.29) is 23.1 Å². The second kappa shape index (κ2) is 7.08. The van der Waals surface area contributed by atoms with Gasteiger partial charge in [-0.3, -0.25) is 24.4 Å². The van der Waals surface area contributed by atoms with Gasteiger partial charge >= 0.3 is 13.6 Å². The number of nitrogens with zero attached hydrogens (tertiary/aromatic N) is 2. The summed E-state index contributed by atoms with van der Waals surface area (Å²) in [5.41, 5.74) is -0.182. The summed E-state index contributed by atoms with van der Waals surface area (Å²) in [6.07, 6.45) is 1.39. The maximum absolute atomic E-state index is 12.7. The third-order valence-corrected chi connectivity index (χ3v) is 6.86. The maximum atomic E-state index is 12.7. The molecule has 1 aromatic carbocycles. The summed E-state index contributed by atoms with van der Waals surface area (Å²) in [6, 6.07) is 4.80. The Bertz CT molecular complexity index is 753. The predicted molar refractivity (Wildman–Crippen MR) is 92.1 cm³/mol. The van der Waals surface area contributed by atoms with Crippen LogP contribution in [0.2, 0.25) is 0 Å². The molecule has 2 fully saturated rings. The summed E-state index contributed by atoms with van der Waals surface area (Å²) in [4.78, 5) is 34.9. The van der Waals surface area contributed by atoms with Gasteiger partial charge in [-0.25, -0.2) is 0 Å². The first kappa shape index (κ1) is 19.0. The van der Waals surface area contributed by atoms with Crippen LogP contribution in [0.15, 0.2) is 24.3 Å². The number of hydrogen-bond acceptors (Lipinski definition) is 7. The van der Waals surface area contributed by atoms with Gasteiger partial charge in [0.2, 0.25) is 0 Å². The van der Waals surface area contributed by atoms with Crippen LogP contribution < -0.4 is 5.30 Å². The second-order valence-electron chi connectivity index (χ2n) is 6.69. The molecular weight excluding hydrogens is 363 g/mol. The zero-order chi connectivity index (χ0) is 19.1. The molecule has 0 aliphatic carbocycles. The van der Waals surface area contributed by atoms with Gasteiger partial charge in [0.1, 0.15) is 0 Å². The lowest BCUT2D eigenvalue weighted by Crippen LogP contribution is -2.53. The van der Waals surface area contributed by atoms with Crippen LogP contribution >= 0.6 is 7.60 Å². The van der Waals surface area contributed by atoms with Crippen LogP contribution in [0.1, 0.15) is 19.3 Å². The molecule has 0 radical (unpaired) electrons. The number of ether oxygens (including phenoxy) is 1. The molecule has 0 saturated carbocycles. The first-order chi connectivity index (χ1) is 12.2. The second-order valence-corrected chi connectivity index (χ2v) is 8.45. The minimum absolute atomic E-state index is 0.0435. The number of benzene rings is 1. The Morgan fingerprint density at radius 2 is 2.00 bits per heavy atom. The number of hydrogen-bond donors (Lipinski definition) is 1. The smallest absolute Gasteiger partial charge is 0.359 e. The molecule has 26 heavy (non-hydrogen) atoms. The van der Waals surface area contributed by atoms with Gasteiger partial charge in [0.25, 0.3) is 5.69 Å². The van der Waals surface area contributed by atoms with Crippen LogP contribution in [0.5, 0.6) is 0 Å². The fourth-order valence-electron chi connectivity index (χ4n) is 3.98. The van der Waals surface area contributed by atoms with Gasteiger partial charge in [0, 0.05) is 24.2 Å². The molecule has 142 valence electrons. The number of nitro benzene ring substituents is 1. The topological polar surface area (TPSA) is 119 Å². The van der Waals surface area contributed by atoms with E-state index in [2.05, 4.69) is 4.90 Å². The predicted octanol–water partition coefficient (Wildman–Crippen LogP) is 1.45. The molecule has 1 N–H and O–H groups in total. The summed E-state index contributed by atoms with van der Waals surface area (Å²) >= 11 is 0. The van der Waals surface area contributed by atoms with E-state index in [1.54, 1.807) is 0 Å². The fourth-order valence-corrected chi connectivity index (χ4v) is 5.21. The number of carbonyl (C=O) groups excluding carboxylic acids is 1. The number of fused-ring (bicyclic) bond motifs is 2. The van der Waals surface area contributed by atoms with Crippen LogP contribution in [0.4, 0.5) is 5.69 Å². The van der Waals surface area contributed by atoms with Crippen LogP contribution in [0.3, 0.4) is 0 Å². The zero-order valence-electron chi connectivity index (χ0n) is 14.5. The van der Waals surface area contributed by atoms with Crippen molar-refractivity contribution in [3.8, 4) is 0 Å². The van der Waals surface area contributed by atoms with E-state index in [0.29, 0.717) is 6.42 Å². The highest BCUT2D eigenvalue weighted by Gasteiger charge is 2.51. The van der Waals surface area contributed by atoms with Gasteiger partial charge in [-0.2, -0.15) is 0 Å². The highest BCUT2D eigenvalue weighted by atomic mass is 31.2. The fraction of sp³-hybridized carbons (Fsp3) is 0.562. The van der Waals surface area contributed by atoms with Gasteiger partial charge < -0.3 is 14.2 Å². The Kier molecular flexibility index (Phi) is 5.16. The van der Waals surface area contributed by atoms with Gasteiger partial charge in [-0.1, -0.05) is 0 Å². The first-order valence-electron chi connectivity index (χ1n) is 8.30. The van der Waals surface area contributed by atoms with Crippen LogP contribution in [-0.4, -0.2) is 53.0 Å². The van der Waals surface area contributed by atoms with Gasteiger partial charge in [0.15, 0.2) is 0 Å². The lowest BCUT2D eigenvalue weighted by Gasteiger charge is -2.41. The Hall–Kier alpha value is -1.80. The standard InChI is InChI=1S/C16H21N2O7P/c1-17-11-5-8-13(17)15(16(19)24-2)14(9-11)25-26(22,23)12-6-3-10(4-7-12)18(20)21/h3-4,6-7,11,13-15H,5,8-9H2,1-2H3,(H,22,23)/t11-,13+,14-,15+/m0/s1. The van der Waals surface area contributed by atoms with Crippen LogP contribution in [0, 0.1) is 16.0 Å². The van der Waals surface area contributed by atoms with Crippen molar-refractivity contribution in [2.24, 2.45) is 5.92 Å². The Labute approximate surface area is 150 Å². The van der Waals surface area contributed by atoms with Gasteiger partial charge in [-0.05, 0) is 38.4 Å². The summed E-state index contributed by atoms with van der Waals surface area (Å²) in [5, 5.41) is 10.7. The number of carbonyl (C=O) groups is 1. The van der Waals surface area contributed by atoms with E-state index < -0.39 is 30.5 Å². The molecule has 5 atom stereocenters. The number of non-ortho nitro benzene ring substituents is 1. The lowest BCUT2D eigenvalue weighted by atomic mass is 9.88. The molecule has 1 aromatic rings. The maximum Gasteiger partial charge on any atom is 0.359 e. The molecule has 2 bridgehead atoms. The molecule has 1 unspecified atom stereocenters. The molecule has 2 aliphatic rings. The minimum atomic E-state index is -4.24. The largest absolute Gasteiger partial charge is 0.469 e. The molecule has 0 amide bonds. The molecule has 2 aliphatic heterocycles. The number of esters is 1. The summed E-state index contributed by atoms with van der Waals surface area (Å²) in [7, 11) is -1.02. The normalized spacial score (nSPS) is 30.6. The van der Waals surface area contributed by atoms with Crippen molar-refractivity contribution < 1.29 is 28.4 Å². The van der Waals surface area contributed by atoms with Crippen molar-refractivity contribution in [1.29, 1.82) is 0 Å². The average Bonchev–Trinajstić information content (AvgIpc) is 2.84. The molecule has 0 aromatic heterocycles. The third kappa shape index (κ3) is 3.40. The molecule has 10 heteroatoms. The molecule has 9 nitrogen and oxygen atoms in total. The molecule has 0 spiro atoms. The molecule has 2 saturated heterocycles. The number of piperidine rings is 1. The summed E-state index contributed by atoms with van der Waals surface area (Å²) in [6.45, 7) is 0. The first-order valence-corrected chi connectivity index (χ1v) is 9.88. The van der Waals surface area contributed by atoms with E-state index in [4.69, 9.17) is 9.26 Å². The van der Waals surface area contributed by atoms with Gasteiger partial charge in [0.05, 0.1) is 29.4 Å². The zero-order valence-corrected chi connectivity index (χ0v) is 15.4. The van der Waals surface area contributed by atoms with Crippen molar-refractivity contribution in [1.82, 2.24) is 4.90 Å². The van der Waals surface area contributed by atoms with E-state index in [1.165, 1.54) is 19.2 Å². The highest BCUT2D eigenvalue weighted by molar-refractivity contribution is 7.61. The van der Waals surface area contributed by atoms with Crippen LogP contribution in [0.25, 0.3) is 0 Å². The number of methoxy groups -OCH3 is 1. The lowest BCUT2D eigenvalue weighted by molar-refractivity contribution is -0.384. The van der Waals surface area contributed by atoms with Crippen molar-refractivity contribution in [2.75, 3.05) is 14.2 Å². The van der Waals surface area contributed by atoms with Crippen LogP contribution in [-0.2, 0) is 18.6 Å². The van der Waals surface area contributed by atoms with Crippen molar-refractivity contribution in [3.05, 3.63) is 34.4 Å². The van der Waals surface area contributed by atoms with Crippen molar-refractivity contribution >= 4 is 24.6 Å². The van der Waals surface area contributed by atoms with E-state index in [0.717, 1.165) is 25.0 Å². The summed E-state index contributed by atoms with van der Waals surface area (Å²) in [5.74, 6) is -1.11. The summed E-state index contributed by atoms with van der Waals surface area (Å²) < 4.78 is 23.2. The van der Waals surface area contributed by atoms with E-state index in [9.17, 15) is 24.4 Å². The Balaban J connectivity index is 1.84. The molecular formula is C16H21N2O7P. The van der Waals surface area contributed by atoms with Crippen molar-refractivity contribution in [2.45, 2.75) is 37.5 Å². The number of nitro groups is 1. The monoisotopic (exact) mass is 384 g/mol. The Morgan fingerprint density at radius 3 is 2.58 bits per heavy atom. The van der Waals surface area contributed by atoms with E-state index >= 15 is 0 Å². The quantitative estimate of drug-likeness (QED) is 0.351. The molecule has 3 rings (SSSR count). The van der Waals surface area contributed by atoms with Crippen molar-refractivity contribution in [3.63, 3.8) is 0 Å². The van der Waals surface area contributed by atoms with Gasteiger partial charge in [-0.15, -0.1) is 0 Å².